The van der Waals surface area contributed by atoms with E-state index in [1.807, 2.05) is 0 Å². The number of rotatable bonds is 7. The highest BCUT2D eigenvalue weighted by Crippen LogP contribution is 2.07. The molecule has 2 rings (SSSR count). The second-order valence-corrected chi connectivity index (χ2v) is 6.41. The van der Waals surface area contributed by atoms with E-state index in [-0.39, 0.29) is 5.92 Å². The second kappa shape index (κ2) is 10.0. The third kappa shape index (κ3) is 6.05. The smallest absolute Gasteiger partial charge is 0.329 e. The SMILES string of the molecule is CC(C)C(NC(=O)c1ccccc1)C(=O)OCC(=O)NC(=O)c1ccccc1. The van der Waals surface area contributed by atoms with Crippen molar-refractivity contribution in [2.75, 3.05) is 6.61 Å². The van der Waals surface area contributed by atoms with Crippen LogP contribution in [0, 0.1) is 5.92 Å². The lowest BCUT2D eigenvalue weighted by atomic mass is 10.0. The zero-order valence-electron chi connectivity index (χ0n) is 15.7. The first-order chi connectivity index (χ1) is 13.4. The topological polar surface area (TPSA) is 102 Å². The highest BCUT2D eigenvalue weighted by molar-refractivity contribution is 6.05. The molecule has 3 amide bonds. The van der Waals surface area contributed by atoms with Crippen molar-refractivity contribution in [1.29, 1.82) is 0 Å². The summed E-state index contributed by atoms with van der Waals surface area (Å²) < 4.78 is 4.98. The molecule has 1 unspecified atom stereocenters. The Morgan fingerprint density at radius 1 is 0.821 bits per heavy atom. The molecule has 1 atom stereocenters. The molecule has 0 aliphatic carbocycles. The first-order valence-corrected chi connectivity index (χ1v) is 8.80. The molecule has 2 aromatic rings. The van der Waals surface area contributed by atoms with Crippen molar-refractivity contribution in [2.24, 2.45) is 5.92 Å². The van der Waals surface area contributed by atoms with Gasteiger partial charge in [0.1, 0.15) is 6.04 Å². The molecule has 0 aliphatic rings. The first kappa shape index (κ1) is 20.8. The van der Waals surface area contributed by atoms with Crippen LogP contribution in [0.5, 0.6) is 0 Å². The van der Waals surface area contributed by atoms with Crippen LogP contribution >= 0.6 is 0 Å². The van der Waals surface area contributed by atoms with Gasteiger partial charge in [-0.05, 0) is 30.2 Å². The van der Waals surface area contributed by atoms with E-state index in [1.165, 1.54) is 0 Å². The fraction of sp³-hybridized carbons (Fsp3) is 0.238. The van der Waals surface area contributed by atoms with E-state index < -0.39 is 36.3 Å². The maximum atomic E-state index is 12.3. The molecular formula is C21H22N2O5. The fourth-order valence-corrected chi connectivity index (χ4v) is 2.36. The Bertz CT molecular complexity index is 834. The molecule has 0 fully saturated rings. The Morgan fingerprint density at radius 2 is 1.32 bits per heavy atom. The Kier molecular flexibility index (Phi) is 7.45. The third-order valence-electron chi connectivity index (χ3n) is 3.88. The molecule has 0 radical (unpaired) electrons. The monoisotopic (exact) mass is 382 g/mol. The number of imide groups is 1. The molecule has 7 nitrogen and oxygen atoms in total. The zero-order chi connectivity index (χ0) is 20.5. The zero-order valence-corrected chi connectivity index (χ0v) is 15.7. The van der Waals surface area contributed by atoms with Crippen LogP contribution in [0.1, 0.15) is 34.6 Å². The van der Waals surface area contributed by atoms with E-state index >= 15 is 0 Å². The van der Waals surface area contributed by atoms with Crippen LogP contribution in [-0.2, 0) is 14.3 Å². The van der Waals surface area contributed by atoms with Crippen molar-refractivity contribution in [2.45, 2.75) is 19.9 Å². The van der Waals surface area contributed by atoms with Gasteiger partial charge in [0.05, 0.1) is 0 Å². The van der Waals surface area contributed by atoms with Crippen LogP contribution in [0.4, 0.5) is 0 Å². The highest BCUT2D eigenvalue weighted by Gasteiger charge is 2.27. The van der Waals surface area contributed by atoms with Crippen LogP contribution in [0.25, 0.3) is 0 Å². The summed E-state index contributed by atoms with van der Waals surface area (Å²) in [4.78, 5) is 48.4. The van der Waals surface area contributed by atoms with Gasteiger partial charge in [-0.15, -0.1) is 0 Å². The van der Waals surface area contributed by atoms with Gasteiger partial charge in [0.25, 0.3) is 17.7 Å². The normalized spacial score (nSPS) is 11.4. The largest absolute Gasteiger partial charge is 0.454 e. The number of benzene rings is 2. The Morgan fingerprint density at radius 3 is 1.82 bits per heavy atom. The summed E-state index contributed by atoms with van der Waals surface area (Å²) in [6, 6.07) is 15.7. The van der Waals surface area contributed by atoms with Gasteiger partial charge in [0.2, 0.25) is 0 Å². The molecule has 146 valence electrons. The van der Waals surface area contributed by atoms with Gasteiger partial charge in [-0.1, -0.05) is 50.2 Å². The summed E-state index contributed by atoms with van der Waals surface area (Å²) in [5.74, 6) is -2.76. The van der Waals surface area contributed by atoms with Crippen LogP contribution in [0.15, 0.2) is 60.7 Å². The van der Waals surface area contributed by atoms with Crippen molar-refractivity contribution in [1.82, 2.24) is 10.6 Å². The molecule has 2 aromatic carbocycles. The molecule has 0 aromatic heterocycles. The number of carbonyl (C=O) groups excluding carboxylic acids is 4. The van der Waals surface area contributed by atoms with Crippen LogP contribution in [0.3, 0.4) is 0 Å². The molecule has 0 aliphatic heterocycles. The van der Waals surface area contributed by atoms with E-state index in [1.54, 1.807) is 74.5 Å². The molecule has 0 heterocycles. The lowest BCUT2D eigenvalue weighted by Crippen LogP contribution is -2.46. The van der Waals surface area contributed by atoms with E-state index in [4.69, 9.17) is 4.74 Å². The third-order valence-corrected chi connectivity index (χ3v) is 3.88. The predicted octanol–water partition coefficient (Wildman–Crippen LogP) is 1.94. The van der Waals surface area contributed by atoms with E-state index in [0.29, 0.717) is 11.1 Å². The van der Waals surface area contributed by atoms with E-state index in [2.05, 4.69) is 10.6 Å². The van der Waals surface area contributed by atoms with Crippen molar-refractivity contribution in [3.05, 3.63) is 71.8 Å². The number of hydrogen-bond donors (Lipinski definition) is 2. The van der Waals surface area contributed by atoms with Gasteiger partial charge in [-0.3, -0.25) is 19.7 Å². The Labute approximate surface area is 163 Å². The quantitative estimate of drug-likeness (QED) is 0.713. The number of hydrogen-bond acceptors (Lipinski definition) is 5. The Balaban J connectivity index is 1.88. The van der Waals surface area contributed by atoms with Gasteiger partial charge >= 0.3 is 5.97 Å². The molecule has 28 heavy (non-hydrogen) atoms. The molecule has 7 heteroatoms. The summed E-state index contributed by atoms with van der Waals surface area (Å²) in [5, 5.41) is 4.75. The minimum atomic E-state index is -0.926. The molecule has 2 N–H and O–H groups in total. The van der Waals surface area contributed by atoms with Gasteiger partial charge in [-0.2, -0.15) is 0 Å². The number of ether oxygens (including phenoxy) is 1. The lowest BCUT2D eigenvalue weighted by Gasteiger charge is -2.20. The van der Waals surface area contributed by atoms with Crippen LogP contribution in [0.2, 0.25) is 0 Å². The number of carbonyl (C=O) groups is 4. The number of amides is 3. The molecule has 0 saturated carbocycles. The van der Waals surface area contributed by atoms with Gasteiger partial charge in [0, 0.05) is 11.1 Å². The van der Waals surface area contributed by atoms with Crippen molar-refractivity contribution >= 4 is 23.7 Å². The van der Waals surface area contributed by atoms with E-state index in [0.717, 1.165) is 0 Å². The summed E-state index contributed by atoms with van der Waals surface area (Å²) >= 11 is 0. The Hall–Kier alpha value is -3.48. The van der Waals surface area contributed by atoms with E-state index in [9.17, 15) is 19.2 Å². The van der Waals surface area contributed by atoms with Crippen molar-refractivity contribution in [3.63, 3.8) is 0 Å². The van der Waals surface area contributed by atoms with Gasteiger partial charge in [0.15, 0.2) is 6.61 Å². The number of nitrogens with one attached hydrogen (secondary N) is 2. The maximum Gasteiger partial charge on any atom is 0.329 e. The summed E-state index contributed by atoms with van der Waals surface area (Å²) in [7, 11) is 0. The second-order valence-electron chi connectivity index (χ2n) is 6.41. The average Bonchev–Trinajstić information content (AvgIpc) is 2.71. The van der Waals surface area contributed by atoms with Crippen LogP contribution in [-0.4, -0.2) is 36.3 Å². The summed E-state index contributed by atoms with van der Waals surface area (Å²) in [6.45, 7) is 2.87. The van der Waals surface area contributed by atoms with Crippen molar-refractivity contribution in [3.8, 4) is 0 Å². The molecule has 0 saturated heterocycles. The van der Waals surface area contributed by atoms with Gasteiger partial charge in [-0.25, -0.2) is 4.79 Å². The first-order valence-electron chi connectivity index (χ1n) is 8.80. The highest BCUT2D eigenvalue weighted by atomic mass is 16.5. The number of esters is 1. The van der Waals surface area contributed by atoms with Crippen molar-refractivity contribution < 1.29 is 23.9 Å². The molecule has 0 spiro atoms. The summed E-state index contributed by atoms with van der Waals surface area (Å²) in [5.41, 5.74) is 0.726. The molecule has 0 bridgehead atoms. The minimum absolute atomic E-state index is 0.255. The fourth-order valence-electron chi connectivity index (χ4n) is 2.36. The average molecular weight is 382 g/mol. The predicted molar refractivity (Wildman–Crippen MR) is 102 cm³/mol. The van der Waals surface area contributed by atoms with Gasteiger partial charge < -0.3 is 10.1 Å². The molecular weight excluding hydrogens is 360 g/mol. The summed E-state index contributed by atoms with van der Waals surface area (Å²) in [6.07, 6.45) is 0. The lowest BCUT2D eigenvalue weighted by molar-refractivity contribution is -0.151. The standard InChI is InChI=1S/C21H22N2O5/c1-14(2)18(23-20(26)16-11-7-4-8-12-16)21(27)28-13-17(24)22-19(25)15-9-5-3-6-10-15/h3-12,14,18H,13H2,1-2H3,(H,23,26)(H,22,24,25). The van der Waals surface area contributed by atoms with Crippen LogP contribution < -0.4 is 10.6 Å². The minimum Gasteiger partial charge on any atom is -0.454 e. The maximum absolute atomic E-state index is 12.3.